The molecule has 0 aliphatic rings. The SMILES string of the molecule is Cn1ncnc1Sc1nc2sccn2c1CCN. The Morgan fingerprint density at radius 2 is 2.39 bits per heavy atom. The van der Waals surface area contributed by atoms with E-state index in [-0.39, 0.29) is 0 Å². The first-order chi connectivity index (χ1) is 8.79. The van der Waals surface area contributed by atoms with E-state index >= 15 is 0 Å². The number of nitrogens with zero attached hydrogens (tertiary/aromatic N) is 5. The fraction of sp³-hybridized carbons (Fsp3) is 0.300. The highest BCUT2D eigenvalue weighted by molar-refractivity contribution is 7.99. The van der Waals surface area contributed by atoms with Gasteiger partial charge < -0.3 is 5.73 Å². The molecule has 94 valence electrons. The van der Waals surface area contributed by atoms with Gasteiger partial charge in [0.05, 0.1) is 5.69 Å². The van der Waals surface area contributed by atoms with Gasteiger partial charge in [-0.2, -0.15) is 5.10 Å². The summed E-state index contributed by atoms with van der Waals surface area (Å²) in [6.07, 6.45) is 4.38. The monoisotopic (exact) mass is 280 g/mol. The first-order valence-corrected chi connectivity index (χ1v) is 7.15. The molecule has 0 aliphatic carbocycles. The Kier molecular flexibility index (Phi) is 3.06. The molecule has 8 heteroatoms. The summed E-state index contributed by atoms with van der Waals surface area (Å²) in [5.74, 6) is 0. The Bertz CT molecular complexity index is 667. The van der Waals surface area contributed by atoms with Gasteiger partial charge in [-0.3, -0.25) is 4.40 Å². The Labute approximate surface area is 112 Å². The van der Waals surface area contributed by atoms with E-state index in [0.29, 0.717) is 6.54 Å². The van der Waals surface area contributed by atoms with E-state index in [1.807, 2.05) is 18.6 Å². The number of aryl methyl sites for hydroxylation is 1. The average molecular weight is 280 g/mol. The van der Waals surface area contributed by atoms with E-state index in [9.17, 15) is 0 Å². The maximum atomic E-state index is 5.67. The highest BCUT2D eigenvalue weighted by Gasteiger charge is 2.15. The highest BCUT2D eigenvalue weighted by atomic mass is 32.2. The van der Waals surface area contributed by atoms with Crippen molar-refractivity contribution < 1.29 is 0 Å². The molecule has 0 fully saturated rings. The molecular formula is C10H12N6S2. The van der Waals surface area contributed by atoms with Crippen LogP contribution >= 0.6 is 23.1 Å². The summed E-state index contributed by atoms with van der Waals surface area (Å²) in [6, 6.07) is 0. The van der Waals surface area contributed by atoms with Gasteiger partial charge in [-0.1, -0.05) is 0 Å². The molecule has 0 aromatic carbocycles. The van der Waals surface area contributed by atoms with Crippen molar-refractivity contribution in [3.05, 3.63) is 23.6 Å². The number of imidazole rings is 1. The maximum Gasteiger partial charge on any atom is 0.194 e. The lowest BCUT2D eigenvalue weighted by molar-refractivity contribution is 0.684. The second-order valence-corrected chi connectivity index (χ2v) is 5.56. The zero-order chi connectivity index (χ0) is 12.5. The first-order valence-electron chi connectivity index (χ1n) is 5.46. The van der Waals surface area contributed by atoms with Crippen molar-refractivity contribution in [3.8, 4) is 0 Å². The molecule has 6 nitrogen and oxygen atoms in total. The standard InChI is InChI=1S/C10H12N6S2/c1-15-9(12-6-13-15)18-8-7(2-3-11)16-4-5-17-10(16)14-8/h4-6H,2-3,11H2,1H3. The van der Waals surface area contributed by atoms with Crippen LogP contribution in [0.1, 0.15) is 5.69 Å². The van der Waals surface area contributed by atoms with Crippen molar-refractivity contribution >= 4 is 28.1 Å². The normalized spacial score (nSPS) is 11.4. The highest BCUT2D eigenvalue weighted by Crippen LogP contribution is 2.30. The van der Waals surface area contributed by atoms with Crippen molar-refractivity contribution in [2.24, 2.45) is 12.8 Å². The fourth-order valence-corrected chi connectivity index (χ4v) is 3.42. The molecule has 3 rings (SSSR count). The molecule has 0 saturated carbocycles. The van der Waals surface area contributed by atoms with Gasteiger partial charge in [0, 0.05) is 25.0 Å². The van der Waals surface area contributed by atoms with E-state index in [2.05, 4.69) is 19.5 Å². The number of thiazole rings is 1. The maximum absolute atomic E-state index is 5.67. The molecule has 0 saturated heterocycles. The van der Waals surface area contributed by atoms with Crippen LogP contribution in [0.25, 0.3) is 4.96 Å². The van der Waals surface area contributed by atoms with Crippen LogP contribution in [0.2, 0.25) is 0 Å². The summed E-state index contributed by atoms with van der Waals surface area (Å²) in [4.78, 5) is 9.81. The number of nitrogens with two attached hydrogens (primary N) is 1. The molecule has 0 bridgehead atoms. The van der Waals surface area contributed by atoms with E-state index in [1.54, 1.807) is 22.3 Å². The largest absolute Gasteiger partial charge is 0.330 e. The van der Waals surface area contributed by atoms with Gasteiger partial charge >= 0.3 is 0 Å². The molecule has 3 heterocycles. The van der Waals surface area contributed by atoms with Crippen molar-refractivity contribution in [1.29, 1.82) is 0 Å². The van der Waals surface area contributed by atoms with Crippen molar-refractivity contribution in [2.75, 3.05) is 6.54 Å². The topological polar surface area (TPSA) is 74.0 Å². The van der Waals surface area contributed by atoms with Gasteiger partial charge in [-0.25, -0.2) is 14.6 Å². The van der Waals surface area contributed by atoms with Crippen LogP contribution in [0, 0.1) is 0 Å². The lowest BCUT2D eigenvalue weighted by Gasteiger charge is -2.01. The van der Waals surface area contributed by atoms with Gasteiger partial charge in [-0.05, 0) is 18.3 Å². The van der Waals surface area contributed by atoms with E-state index in [4.69, 9.17) is 5.73 Å². The van der Waals surface area contributed by atoms with Crippen LogP contribution in [-0.2, 0) is 13.5 Å². The van der Waals surface area contributed by atoms with Crippen LogP contribution in [0.5, 0.6) is 0 Å². The van der Waals surface area contributed by atoms with Gasteiger partial charge in [0.15, 0.2) is 10.1 Å². The summed E-state index contributed by atoms with van der Waals surface area (Å²) in [7, 11) is 1.87. The van der Waals surface area contributed by atoms with Gasteiger partial charge in [0.25, 0.3) is 0 Å². The Morgan fingerprint density at radius 3 is 3.11 bits per heavy atom. The summed E-state index contributed by atoms with van der Waals surface area (Å²) in [5, 5.41) is 7.88. The zero-order valence-corrected chi connectivity index (χ0v) is 11.4. The number of hydrogen-bond acceptors (Lipinski definition) is 6. The van der Waals surface area contributed by atoms with Crippen molar-refractivity contribution in [1.82, 2.24) is 24.1 Å². The molecule has 3 aromatic rings. The number of rotatable bonds is 4. The van der Waals surface area contributed by atoms with E-state index in [0.717, 1.165) is 27.3 Å². The molecule has 0 radical (unpaired) electrons. The minimum absolute atomic E-state index is 0.607. The Hall–Kier alpha value is -1.38. The molecule has 0 atom stereocenters. The minimum Gasteiger partial charge on any atom is -0.330 e. The lowest BCUT2D eigenvalue weighted by atomic mass is 10.3. The fourth-order valence-electron chi connectivity index (χ4n) is 1.72. The van der Waals surface area contributed by atoms with Crippen molar-refractivity contribution in [2.45, 2.75) is 16.6 Å². The van der Waals surface area contributed by atoms with Gasteiger partial charge in [0.2, 0.25) is 0 Å². The minimum atomic E-state index is 0.607. The lowest BCUT2D eigenvalue weighted by Crippen LogP contribution is -2.05. The van der Waals surface area contributed by atoms with Crippen LogP contribution in [0.15, 0.2) is 28.1 Å². The van der Waals surface area contributed by atoms with Crippen LogP contribution in [0.3, 0.4) is 0 Å². The van der Waals surface area contributed by atoms with Crippen LogP contribution in [-0.4, -0.2) is 30.7 Å². The summed E-state index contributed by atoms with van der Waals surface area (Å²) >= 11 is 3.15. The number of aromatic nitrogens is 5. The number of fused-ring (bicyclic) bond motifs is 1. The smallest absolute Gasteiger partial charge is 0.194 e. The quantitative estimate of drug-likeness (QED) is 0.776. The molecule has 0 unspecified atom stereocenters. The molecule has 0 aliphatic heterocycles. The zero-order valence-electron chi connectivity index (χ0n) is 9.78. The predicted octanol–water partition coefficient (Wildman–Crippen LogP) is 1.18. The molecule has 2 N–H and O–H groups in total. The van der Waals surface area contributed by atoms with Crippen LogP contribution < -0.4 is 5.73 Å². The Balaban J connectivity index is 2.02. The second kappa shape index (κ2) is 4.71. The third kappa shape index (κ3) is 1.92. The van der Waals surface area contributed by atoms with Gasteiger partial charge in [0.1, 0.15) is 11.4 Å². The third-order valence-electron chi connectivity index (χ3n) is 2.56. The molecular weight excluding hydrogens is 268 g/mol. The molecule has 0 spiro atoms. The Morgan fingerprint density at radius 1 is 1.50 bits per heavy atom. The molecule has 0 amide bonds. The molecule has 3 aromatic heterocycles. The predicted molar refractivity (Wildman–Crippen MR) is 71.0 cm³/mol. The van der Waals surface area contributed by atoms with E-state index < -0.39 is 0 Å². The second-order valence-electron chi connectivity index (χ2n) is 3.73. The van der Waals surface area contributed by atoms with Crippen molar-refractivity contribution in [3.63, 3.8) is 0 Å². The summed E-state index contributed by atoms with van der Waals surface area (Å²) < 4.78 is 3.83. The first kappa shape index (κ1) is 11.7. The average Bonchev–Trinajstić information content (AvgIpc) is 3.01. The third-order valence-corrected chi connectivity index (χ3v) is 4.39. The number of hydrogen-bond donors (Lipinski definition) is 1. The molecule has 18 heavy (non-hydrogen) atoms. The van der Waals surface area contributed by atoms with Gasteiger partial charge in [-0.15, -0.1) is 11.3 Å². The van der Waals surface area contributed by atoms with Crippen LogP contribution in [0.4, 0.5) is 0 Å². The summed E-state index contributed by atoms with van der Waals surface area (Å²) in [5.41, 5.74) is 6.81. The van der Waals surface area contributed by atoms with E-state index in [1.165, 1.54) is 11.8 Å². The summed E-state index contributed by atoms with van der Waals surface area (Å²) in [6.45, 7) is 0.607.